The van der Waals surface area contributed by atoms with Gasteiger partial charge >= 0.3 is 0 Å². The summed E-state index contributed by atoms with van der Waals surface area (Å²) in [5.41, 5.74) is 2.64. The Bertz CT molecular complexity index is 1260. The molecule has 3 rings (SSSR count). The zero-order chi connectivity index (χ0) is 23.8. The fourth-order valence-electron chi connectivity index (χ4n) is 3.02. The maximum absolute atomic E-state index is 12.6. The van der Waals surface area contributed by atoms with E-state index in [0.717, 1.165) is 11.1 Å². The first-order valence-electron chi connectivity index (χ1n) is 9.90. The number of hydrogen-bond acceptors (Lipinski definition) is 3. The molecule has 0 aliphatic carbocycles. The normalized spacial score (nSPS) is 10.9. The molecule has 1 N–H and O–H groups in total. The minimum absolute atomic E-state index is 0.0830. The van der Waals surface area contributed by atoms with Crippen molar-refractivity contribution in [2.75, 3.05) is 5.32 Å². The van der Waals surface area contributed by atoms with E-state index in [1.165, 1.54) is 6.08 Å². The molecule has 4 nitrogen and oxygen atoms in total. The molecule has 0 saturated carbocycles. The van der Waals surface area contributed by atoms with Crippen LogP contribution in [0.15, 0.2) is 78.9 Å². The predicted molar refractivity (Wildman–Crippen MR) is 135 cm³/mol. The zero-order valence-corrected chi connectivity index (χ0v) is 19.7. The number of nitriles is 1. The van der Waals surface area contributed by atoms with Gasteiger partial charge in [-0.1, -0.05) is 71.2 Å². The van der Waals surface area contributed by atoms with Crippen LogP contribution in [0.4, 0.5) is 5.69 Å². The van der Waals surface area contributed by atoms with Crippen molar-refractivity contribution in [2.24, 2.45) is 0 Å². The molecule has 3 aromatic carbocycles. The van der Waals surface area contributed by atoms with Crippen LogP contribution in [0.3, 0.4) is 0 Å². The van der Waals surface area contributed by atoms with Gasteiger partial charge in [0.05, 0.1) is 15.7 Å². The van der Waals surface area contributed by atoms with Gasteiger partial charge in [0.15, 0.2) is 0 Å². The molecular weight excluding hydrogens is 479 g/mol. The SMILES string of the molecule is C=CCc1cc(/C=C(/C#N)C(=O)Nc2cccc(Cl)c2Cl)ccc1OCc1ccccc1Cl. The van der Waals surface area contributed by atoms with Gasteiger partial charge in [0.1, 0.15) is 24.0 Å². The highest BCUT2D eigenvalue weighted by molar-refractivity contribution is 6.44. The molecule has 0 radical (unpaired) electrons. The highest BCUT2D eigenvalue weighted by atomic mass is 35.5. The van der Waals surface area contributed by atoms with Gasteiger partial charge in [-0.05, 0) is 54.0 Å². The van der Waals surface area contributed by atoms with E-state index in [1.807, 2.05) is 36.4 Å². The highest BCUT2D eigenvalue weighted by Gasteiger charge is 2.13. The van der Waals surface area contributed by atoms with E-state index in [4.69, 9.17) is 39.5 Å². The number of carbonyl (C=O) groups excluding carboxylic acids is 1. The monoisotopic (exact) mass is 496 g/mol. The third-order valence-corrected chi connectivity index (χ3v) is 5.85. The molecule has 166 valence electrons. The lowest BCUT2D eigenvalue weighted by molar-refractivity contribution is -0.112. The van der Waals surface area contributed by atoms with Gasteiger partial charge in [0.25, 0.3) is 5.91 Å². The lowest BCUT2D eigenvalue weighted by atomic mass is 10.0. The molecule has 3 aromatic rings. The Hall–Kier alpha value is -3.23. The topological polar surface area (TPSA) is 62.1 Å². The Labute approximate surface area is 207 Å². The molecule has 0 bridgehead atoms. The van der Waals surface area contributed by atoms with Crippen LogP contribution in [0.2, 0.25) is 15.1 Å². The lowest BCUT2D eigenvalue weighted by Gasteiger charge is -2.13. The van der Waals surface area contributed by atoms with Crippen LogP contribution in [0.1, 0.15) is 16.7 Å². The Balaban J connectivity index is 1.82. The standard InChI is InChI=1S/C26H19Cl3N2O2/c1-2-6-18-13-17(11-12-24(18)33-16-19-7-3-4-8-21(19)27)14-20(15-30)26(32)31-23-10-5-9-22(28)25(23)29/h2-5,7-14H,1,6,16H2,(H,31,32)/b20-14-. The van der Waals surface area contributed by atoms with E-state index in [-0.39, 0.29) is 10.6 Å². The summed E-state index contributed by atoms with van der Waals surface area (Å²) < 4.78 is 5.97. The van der Waals surface area contributed by atoms with E-state index in [1.54, 1.807) is 36.4 Å². The van der Waals surface area contributed by atoms with Crippen LogP contribution >= 0.6 is 34.8 Å². The van der Waals surface area contributed by atoms with Crippen LogP contribution in [0.25, 0.3) is 6.08 Å². The number of ether oxygens (including phenoxy) is 1. The number of amides is 1. The van der Waals surface area contributed by atoms with Crippen molar-refractivity contribution >= 4 is 52.5 Å². The Morgan fingerprint density at radius 1 is 1.03 bits per heavy atom. The summed E-state index contributed by atoms with van der Waals surface area (Å²) in [5.74, 6) is 0.0756. The quantitative estimate of drug-likeness (QED) is 0.199. The van der Waals surface area contributed by atoms with E-state index in [0.29, 0.717) is 40.1 Å². The Morgan fingerprint density at radius 3 is 2.52 bits per heavy atom. The molecule has 0 spiro atoms. The summed E-state index contributed by atoms with van der Waals surface area (Å²) >= 11 is 18.3. The minimum Gasteiger partial charge on any atom is -0.489 e. The van der Waals surface area contributed by atoms with E-state index in [2.05, 4.69) is 11.9 Å². The maximum Gasteiger partial charge on any atom is 0.266 e. The number of nitrogens with zero attached hydrogens (tertiary/aromatic N) is 1. The van der Waals surface area contributed by atoms with Gasteiger partial charge in [-0.2, -0.15) is 5.26 Å². The molecule has 0 aliphatic rings. The molecule has 0 unspecified atom stereocenters. The smallest absolute Gasteiger partial charge is 0.266 e. The fraction of sp³-hybridized carbons (Fsp3) is 0.0769. The number of allylic oxidation sites excluding steroid dienone is 1. The van der Waals surface area contributed by atoms with Crippen molar-refractivity contribution in [3.8, 4) is 11.8 Å². The van der Waals surface area contributed by atoms with Crippen molar-refractivity contribution in [2.45, 2.75) is 13.0 Å². The van der Waals surface area contributed by atoms with Crippen LogP contribution in [0, 0.1) is 11.3 Å². The number of benzene rings is 3. The van der Waals surface area contributed by atoms with Crippen LogP contribution in [0.5, 0.6) is 5.75 Å². The van der Waals surface area contributed by atoms with Gasteiger partial charge in [-0.3, -0.25) is 4.79 Å². The lowest BCUT2D eigenvalue weighted by Crippen LogP contribution is -2.13. The average Bonchev–Trinajstić information content (AvgIpc) is 2.81. The first kappa shape index (κ1) is 24.4. The molecule has 1 amide bonds. The molecule has 0 heterocycles. The Kier molecular flexibility index (Phi) is 8.57. The summed E-state index contributed by atoms with van der Waals surface area (Å²) in [6, 6.07) is 19.7. The molecular formula is C26H19Cl3N2O2. The third kappa shape index (κ3) is 6.40. The third-order valence-electron chi connectivity index (χ3n) is 4.67. The largest absolute Gasteiger partial charge is 0.489 e. The number of nitrogens with one attached hydrogen (secondary N) is 1. The number of anilines is 1. The summed E-state index contributed by atoms with van der Waals surface area (Å²) in [6.45, 7) is 4.11. The molecule has 0 aliphatic heterocycles. The summed E-state index contributed by atoms with van der Waals surface area (Å²) in [4.78, 5) is 12.6. The first-order chi connectivity index (χ1) is 15.9. The van der Waals surface area contributed by atoms with Crippen LogP contribution in [-0.4, -0.2) is 5.91 Å². The average molecular weight is 498 g/mol. The molecule has 0 atom stereocenters. The Morgan fingerprint density at radius 2 is 1.79 bits per heavy atom. The van der Waals surface area contributed by atoms with Crippen LogP contribution in [-0.2, 0) is 17.8 Å². The summed E-state index contributed by atoms with van der Waals surface area (Å²) in [5, 5.41) is 13.3. The van der Waals surface area contributed by atoms with Crippen molar-refractivity contribution in [1.29, 1.82) is 5.26 Å². The van der Waals surface area contributed by atoms with E-state index in [9.17, 15) is 10.1 Å². The maximum atomic E-state index is 12.6. The summed E-state index contributed by atoms with van der Waals surface area (Å²) in [7, 11) is 0. The second kappa shape index (κ2) is 11.6. The molecule has 0 aromatic heterocycles. The van der Waals surface area contributed by atoms with Gasteiger partial charge in [-0.25, -0.2) is 0 Å². The zero-order valence-electron chi connectivity index (χ0n) is 17.4. The highest BCUT2D eigenvalue weighted by Crippen LogP contribution is 2.30. The van der Waals surface area contributed by atoms with Gasteiger partial charge in [0, 0.05) is 10.6 Å². The molecule has 0 fully saturated rings. The summed E-state index contributed by atoms with van der Waals surface area (Å²) in [6.07, 6.45) is 3.80. The van der Waals surface area contributed by atoms with Crippen molar-refractivity contribution in [3.63, 3.8) is 0 Å². The number of carbonyl (C=O) groups is 1. The van der Waals surface area contributed by atoms with Gasteiger partial charge < -0.3 is 10.1 Å². The number of rotatable bonds is 8. The minimum atomic E-state index is -0.592. The molecule has 0 saturated heterocycles. The predicted octanol–water partition coefficient (Wildman–Crippen LogP) is 7.50. The number of halogens is 3. The molecule has 7 heteroatoms. The van der Waals surface area contributed by atoms with Gasteiger partial charge in [-0.15, -0.1) is 6.58 Å². The second-order valence-electron chi connectivity index (χ2n) is 6.97. The molecule has 33 heavy (non-hydrogen) atoms. The van der Waals surface area contributed by atoms with Gasteiger partial charge in [0.2, 0.25) is 0 Å². The second-order valence-corrected chi connectivity index (χ2v) is 8.16. The fourth-order valence-corrected chi connectivity index (χ4v) is 3.56. The van der Waals surface area contributed by atoms with Crippen LogP contribution < -0.4 is 10.1 Å². The van der Waals surface area contributed by atoms with E-state index >= 15 is 0 Å². The number of hydrogen-bond donors (Lipinski definition) is 1. The van der Waals surface area contributed by atoms with Crippen molar-refractivity contribution in [3.05, 3.63) is 111 Å². The van der Waals surface area contributed by atoms with Crippen molar-refractivity contribution in [1.82, 2.24) is 0 Å². The first-order valence-corrected chi connectivity index (χ1v) is 11.0. The van der Waals surface area contributed by atoms with Crippen molar-refractivity contribution < 1.29 is 9.53 Å². The van der Waals surface area contributed by atoms with E-state index < -0.39 is 5.91 Å².